The van der Waals surface area contributed by atoms with E-state index in [-0.39, 0.29) is 24.9 Å². The van der Waals surface area contributed by atoms with E-state index in [1.54, 1.807) is 0 Å². The highest BCUT2D eigenvalue weighted by Crippen LogP contribution is 2.41. The smallest absolute Gasteiger partial charge is 0.303 e. The van der Waals surface area contributed by atoms with E-state index in [1.165, 1.54) is 12.8 Å². The molecule has 4 rings (SSSR count). The molecule has 0 aromatic heterocycles. The van der Waals surface area contributed by atoms with Gasteiger partial charge in [-0.25, -0.2) is 0 Å². The summed E-state index contributed by atoms with van der Waals surface area (Å²) in [7, 11) is 0. The Morgan fingerprint density at radius 2 is 1.00 bits per heavy atom. The second-order valence-corrected chi connectivity index (χ2v) is 14.7. The molecule has 15 unspecified atom stereocenters. The van der Waals surface area contributed by atoms with E-state index in [0.717, 1.165) is 25.3 Å². The van der Waals surface area contributed by atoms with Crippen LogP contribution in [0.25, 0.3) is 0 Å². The normalized spacial score (nSPS) is 46.4. The fraction of sp³-hybridized carbons (Fsp3) is 0.939. The van der Waals surface area contributed by atoms with Crippen molar-refractivity contribution in [3.05, 3.63) is 0 Å². The summed E-state index contributed by atoms with van der Waals surface area (Å²) in [6.07, 6.45) is 6.21. The molecule has 8 nitrogen and oxygen atoms in total. The molecule has 0 aliphatic carbocycles. The Hall–Kier alpha value is -1.22. The lowest BCUT2D eigenvalue weighted by molar-refractivity contribution is -0.138. The topological polar surface area (TPSA) is 123 Å². The lowest BCUT2D eigenvalue weighted by atomic mass is 9.78. The van der Waals surface area contributed by atoms with Gasteiger partial charge in [0.1, 0.15) is 0 Å². The van der Waals surface area contributed by atoms with Crippen molar-refractivity contribution < 1.29 is 19.8 Å². The molecule has 236 valence electrons. The zero-order chi connectivity index (χ0) is 30.0. The highest BCUT2D eigenvalue weighted by Gasteiger charge is 2.47. The molecule has 0 amide bonds. The predicted molar refractivity (Wildman–Crippen MR) is 164 cm³/mol. The molecule has 4 aliphatic heterocycles. The average Bonchev–Trinajstić information content (AvgIpc) is 3.59. The zero-order valence-electron chi connectivity index (χ0n) is 26.7. The van der Waals surface area contributed by atoms with Crippen LogP contribution in [-0.4, -0.2) is 71.0 Å². The molecule has 4 heterocycles. The van der Waals surface area contributed by atoms with E-state index in [0.29, 0.717) is 84.5 Å². The monoisotopic (exact) mass is 576 g/mol. The van der Waals surface area contributed by atoms with Crippen molar-refractivity contribution in [1.29, 1.82) is 0 Å². The minimum absolute atomic E-state index is 0.206. The summed E-state index contributed by atoms with van der Waals surface area (Å²) < 4.78 is 0. The number of hydrogen-bond acceptors (Lipinski definition) is 6. The third kappa shape index (κ3) is 7.47. The lowest BCUT2D eigenvalue weighted by Crippen LogP contribution is -2.43. The van der Waals surface area contributed by atoms with Crippen LogP contribution in [0.15, 0.2) is 0 Å². The molecule has 4 fully saturated rings. The van der Waals surface area contributed by atoms with E-state index in [4.69, 9.17) is 0 Å². The molecule has 0 spiro atoms. The molecular formula is C33H60N4O4. The van der Waals surface area contributed by atoms with Crippen molar-refractivity contribution in [3.63, 3.8) is 0 Å². The minimum atomic E-state index is -0.724. The summed E-state index contributed by atoms with van der Waals surface area (Å²) in [6.45, 7) is 17.4. The second-order valence-electron chi connectivity index (χ2n) is 14.7. The quantitative estimate of drug-likeness (QED) is 0.192. The molecule has 0 saturated carbocycles. The van der Waals surface area contributed by atoms with Crippen molar-refractivity contribution in [2.45, 2.75) is 142 Å². The van der Waals surface area contributed by atoms with Gasteiger partial charge in [-0.2, -0.15) is 0 Å². The van der Waals surface area contributed by atoms with Gasteiger partial charge < -0.3 is 31.5 Å². The maximum atomic E-state index is 11.6. The van der Waals surface area contributed by atoms with Gasteiger partial charge in [-0.3, -0.25) is 9.59 Å². The third-order valence-electron chi connectivity index (χ3n) is 12.6. The Bertz CT molecular complexity index is 887. The van der Waals surface area contributed by atoms with Crippen LogP contribution in [0.2, 0.25) is 0 Å². The van der Waals surface area contributed by atoms with Crippen molar-refractivity contribution in [3.8, 4) is 0 Å². The van der Waals surface area contributed by atoms with Crippen LogP contribution < -0.4 is 21.3 Å². The van der Waals surface area contributed by atoms with Crippen LogP contribution in [-0.2, 0) is 9.59 Å². The summed E-state index contributed by atoms with van der Waals surface area (Å²) >= 11 is 0. The fourth-order valence-electron chi connectivity index (χ4n) is 9.35. The van der Waals surface area contributed by atoms with Crippen LogP contribution in [0.5, 0.6) is 0 Å². The molecule has 6 N–H and O–H groups in total. The van der Waals surface area contributed by atoms with Crippen molar-refractivity contribution in [2.75, 3.05) is 6.54 Å². The van der Waals surface area contributed by atoms with E-state index in [1.807, 2.05) is 0 Å². The van der Waals surface area contributed by atoms with Gasteiger partial charge in [0, 0.05) is 55.1 Å². The van der Waals surface area contributed by atoms with Gasteiger partial charge in [-0.05, 0) is 92.4 Å². The molecule has 0 aromatic carbocycles. The number of nitrogens with one attached hydrogen (secondary N) is 4. The van der Waals surface area contributed by atoms with Gasteiger partial charge in [0.25, 0.3) is 0 Å². The maximum absolute atomic E-state index is 11.6. The standard InChI is InChI=1S/C33H60N4O4/c1-8-25-18(3)19(4)26(35-25)13-27-20(5)21(6)28(36-27)14-29-22(7)24(10-12-33(40)41)31(37-29)15-30-23(9-11-32(38)39)17(2)16-34-30/h17-31,34-37H,8-16H2,1-7H3,(H,38,39)(H,40,41). The van der Waals surface area contributed by atoms with Crippen molar-refractivity contribution in [1.82, 2.24) is 21.3 Å². The Morgan fingerprint density at radius 1 is 0.585 bits per heavy atom. The van der Waals surface area contributed by atoms with Crippen molar-refractivity contribution >= 4 is 11.9 Å². The van der Waals surface area contributed by atoms with E-state index in [9.17, 15) is 19.8 Å². The summed E-state index contributed by atoms with van der Waals surface area (Å²) in [5.74, 6) is 2.72. The number of carboxylic acid groups (broad SMARTS) is 2. The van der Waals surface area contributed by atoms with Crippen LogP contribution in [0.4, 0.5) is 0 Å². The Labute approximate surface area is 249 Å². The van der Waals surface area contributed by atoms with Gasteiger partial charge in [0.2, 0.25) is 0 Å². The van der Waals surface area contributed by atoms with Crippen LogP contribution in [0.1, 0.15) is 99.8 Å². The Kier molecular flexibility index (Phi) is 11.2. The molecule has 0 bridgehead atoms. The molecule has 0 aromatic rings. The molecule has 41 heavy (non-hydrogen) atoms. The highest BCUT2D eigenvalue weighted by molar-refractivity contribution is 5.67. The summed E-state index contributed by atoms with van der Waals surface area (Å²) in [4.78, 5) is 22.9. The number of carbonyl (C=O) groups is 2. The maximum Gasteiger partial charge on any atom is 0.303 e. The predicted octanol–water partition coefficient (Wildman–Crippen LogP) is 4.34. The first-order chi connectivity index (χ1) is 19.4. The van der Waals surface area contributed by atoms with Crippen LogP contribution >= 0.6 is 0 Å². The summed E-state index contributed by atoms with van der Waals surface area (Å²) in [5, 5.41) is 34.5. The van der Waals surface area contributed by atoms with Gasteiger partial charge in [0.15, 0.2) is 0 Å². The first-order valence-corrected chi connectivity index (χ1v) is 16.9. The summed E-state index contributed by atoms with van der Waals surface area (Å²) in [6, 6.07) is 3.07. The molecular weight excluding hydrogens is 516 g/mol. The van der Waals surface area contributed by atoms with E-state index >= 15 is 0 Å². The number of hydrogen-bond donors (Lipinski definition) is 6. The number of aliphatic carboxylic acids is 2. The number of rotatable bonds is 13. The Morgan fingerprint density at radius 3 is 1.49 bits per heavy atom. The van der Waals surface area contributed by atoms with E-state index < -0.39 is 11.9 Å². The largest absolute Gasteiger partial charge is 0.481 e. The van der Waals surface area contributed by atoms with Crippen LogP contribution in [0, 0.1) is 47.3 Å². The minimum Gasteiger partial charge on any atom is -0.481 e. The summed E-state index contributed by atoms with van der Waals surface area (Å²) in [5.41, 5.74) is 0. The molecule has 4 aliphatic rings. The van der Waals surface area contributed by atoms with Gasteiger partial charge in [-0.15, -0.1) is 0 Å². The fourth-order valence-corrected chi connectivity index (χ4v) is 9.35. The first-order valence-electron chi connectivity index (χ1n) is 16.9. The zero-order valence-corrected chi connectivity index (χ0v) is 26.7. The first kappa shape index (κ1) is 32.7. The van der Waals surface area contributed by atoms with E-state index in [2.05, 4.69) is 69.7 Å². The Balaban J connectivity index is 1.40. The average molecular weight is 577 g/mol. The SMILES string of the molecule is CCC1NC(CC2NC(CC3NC(CC4NCC(C)C4CCC(=O)O)C(CCC(=O)O)C3C)C(C)C2C)C(C)C1C. The molecule has 8 heteroatoms. The molecule has 15 atom stereocenters. The van der Waals surface area contributed by atoms with Crippen molar-refractivity contribution in [2.24, 2.45) is 47.3 Å². The molecule has 4 saturated heterocycles. The highest BCUT2D eigenvalue weighted by atomic mass is 16.4. The van der Waals surface area contributed by atoms with Crippen LogP contribution in [0.3, 0.4) is 0 Å². The second kappa shape index (κ2) is 14.0. The van der Waals surface area contributed by atoms with Gasteiger partial charge in [0.05, 0.1) is 0 Å². The van der Waals surface area contributed by atoms with Gasteiger partial charge >= 0.3 is 11.9 Å². The number of carboxylic acids is 2. The third-order valence-corrected chi connectivity index (χ3v) is 12.6. The molecule has 0 radical (unpaired) electrons. The lowest BCUT2D eigenvalue weighted by Gasteiger charge is -2.28. The van der Waals surface area contributed by atoms with Gasteiger partial charge in [-0.1, -0.05) is 48.5 Å².